The lowest BCUT2D eigenvalue weighted by atomic mass is 10.0. The number of hydrogen-bond acceptors (Lipinski definition) is 6. The summed E-state index contributed by atoms with van der Waals surface area (Å²) in [6.45, 7) is 3.69. The van der Waals surface area contributed by atoms with Gasteiger partial charge in [-0.05, 0) is 38.5 Å². The fourth-order valence-electron chi connectivity index (χ4n) is 6.13. The molecule has 0 aliphatic carbocycles. The minimum absolute atomic E-state index is 0.206. The third kappa shape index (κ3) is 39.6. The van der Waals surface area contributed by atoms with Gasteiger partial charge in [0.05, 0.1) is 6.61 Å². The first-order chi connectivity index (χ1) is 24.3. The second-order valence-corrected chi connectivity index (χ2v) is 15.6. The van der Waals surface area contributed by atoms with Crippen molar-refractivity contribution < 1.29 is 37.9 Å². The van der Waals surface area contributed by atoms with Crippen LogP contribution in [0.25, 0.3) is 0 Å². The van der Waals surface area contributed by atoms with Crippen LogP contribution >= 0.6 is 7.82 Å². The summed E-state index contributed by atoms with van der Waals surface area (Å²) >= 11 is 0. The van der Waals surface area contributed by atoms with Crippen molar-refractivity contribution in [2.24, 2.45) is 0 Å². The summed E-state index contributed by atoms with van der Waals surface area (Å²) in [6.07, 6.45) is 40.7. The van der Waals surface area contributed by atoms with Gasteiger partial charge in [0.25, 0.3) is 0 Å². The van der Waals surface area contributed by atoms with Crippen LogP contribution in [0.4, 0.5) is 0 Å². The lowest BCUT2D eigenvalue weighted by molar-refractivity contribution is -0.161. The topological polar surface area (TPSA) is 119 Å². The van der Waals surface area contributed by atoms with Crippen LogP contribution in [-0.2, 0) is 28.2 Å². The molecule has 0 radical (unpaired) electrons. The molecule has 0 aromatic rings. The molecule has 0 unspecified atom stereocenters. The van der Waals surface area contributed by atoms with E-state index in [1.165, 1.54) is 135 Å². The predicted molar refractivity (Wildman–Crippen MR) is 207 cm³/mol. The fourth-order valence-corrected chi connectivity index (χ4v) is 6.49. The Bertz CT molecular complexity index is 827. The summed E-state index contributed by atoms with van der Waals surface area (Å²) in [6, 6.07) is 0. The van der Waals surface area contributed by atoms with Gasteiger partial charge in [0.1, 0.15) is 6.61 Å². The summed E-state index contributed by atoms with van der Waals surface area (Å²) in [5.74, 6) is -0.883. The summed E-state index contributed by atoms with van der Waals surface area (Å²) in [5.41, 5.74) is 0. The zero-order valence-corrected chi connectivity index (χ0v) is 33.5. The van der Waals surface area contributed by atoms with Gasteiger partial charge in [-0.2, -0.15) is 0 Å². The average Bonchev–Trinajstić information content (AvgIpc) is 3.08. The molecule has 8 nitrogen and oxygen atoms in total. The van der Waals surface area contributed by atoms with E-state index in [1.54, 1.807) is 0 Å². The number of unbranched alkanes of at least 4 members (excludes halogenated alkanes) is 27. The molecule has 0 heterocycles. The van der Waals surface area contributed by atoms with E-state index in [0.29, 0.717) is 6.42 Å². The monoisotopic (exact) mass is 731 g/mol. The molecule has 2 N–H and O–H groups in total. The summed E-state index contributed by atoms with van der Waals surface area (Å²) in [4.78, 5) is 42.8. The van der Waals surface area contributed by atoms with Gasteiger partial charge in [0.15, 0.2) is 6.10 Å². The van der Waals surface area contributed by atoms with Crippen molar-refractivity contribution in [3.05, 3.63) is 12.2 Å². The first-order valence-corrected chi connectivity index (χ1v) is 22.5. The number of phosphoric acid groups is 1. The molecule has 0 bridgehead atoms. The molecule has 0 fully saturated rings. The summed E-state index contributed by atoms with van der Waals surface area (Å²) < 4.78 is 26.4. The smallest absolute Gasteiger partial charge is 0.462 e. The molecule has 0 aromatic heterocycles. The zero-order chi connectivity index (χ0) is 36.8. The first kappa shape index (κ1) is 48.8. The summed E-state index contributed by atoms with van der Waals surface area (Å²) in [5, 5.41) is 0. The Morgan fingerprint density at radius 3 is 1.22 bits per heavy atom. The molecule has 0 aliphatic heterocycles. The highest BCUT2D eigenvalue weighted by atomic mass is 31.2. The highest BCUT2D eigenvalue weighted by molar-refractivity contribution is 7.46. The first-order valence-electron chi connectivity index (χ1n) is 21.0. The van der Waals surface area contributed by atoms with Crippen LogP contribution < -0.4 is 0 Å². The van der Waals surface area contributed by atoms with Crippen molar-refractivity contribution in [2.75, 3.05) is 13.2 Å². The van der Waals surface area contributed by atoms with E-state index in [4.69, 9.17) is 19.3 Å². The van der Waals surface area contributed by atoms with E-state index in [0.717, 1.165) is 51.4 Å². The van der Waals surface area contributed by atoms with Gasteiger partial charge in [-0.1, -0.05) is 180 Å². The van der Waals surface area contributed by atoms with Crippen molar-refractivity contribution >= 4 is 19.8 Å². The largest absolute Gasteiger partial charge is 0.469 e. The third-order valence-electron chi connectivity index (χ3n) is 9.28. The number of phosphoric ester groups is 1. The van der Waals surface area contributed by atoms with Crippen molar-refractivity contribution in [3.8, 4) is 0 Å². The number of allylic oxidation sites excluding steroid dienone is 2. The van der Waals surface area contributed by atoms with Gasteiger partial charge < -0.3 is 19.3 Å². The van der Waals surface area contributed by atoms with E-state index in [1.807, 2.05) is 0 Å². The number of carbonyl (C=O) groups excluding carboxylic acids is 2. The number of carbonyl (C=O) groups is 2. The Morgan fingerprint density at radius 1 is 0.500 bits per heavy atom. The molecular weight excluding hydrogens is 651 g/mol. The number of hydrogen-bond donors (Lipinski definition) is 2. The van der Waals surface area contributed by atoms with Crippen LogP contribution in [0, 0.1) is 0 Å². The minimum atomic E-state index is -4.75. The van der Waals surface area contributed by atoms with Crippen molar-refractivity contribution in [1.82, 2.24) is 0 Å². The van der Waals surface area contributed by atoms with E-state index in [9.17, 15) is 14.2 Å². The predicted octanol–water partition coefficient (Wildman–Crippen LogP) is 12.6. The Hall–Kier alpha value is -1.21. The standard InChI is InChI=1S/C41H79O8P/c1-3-5-7-9-11-13-15-17-19-20-22-23-25-27-29-31-33-35-40(42)47-37-39(38-48-50(44,45)46)49-41(43)36-34-32-30-28-26-24-21-18-16-14-12-10-8-6-4-2/h18,21,39H,3-17,19-20,22-38H2,1-2H3,(H2,44,45,46)/b21-18-/t39-/m1/s1. The summed E-state index contributed by atoms with van der Waals surface area (Å²) in [7, 11) is -4.75. The lowest BCUT2D eigenvalue weighted by Crippen LogP contribution is -2.29. The molecule has 0 saturated heterocycles. The Labute approximate surface area is 307 Å². The van der Waals surface area contributed by atoms with E-state index in [2.05, 4.69) is 30.5 Å². The fraction of sp³-hybridized carbons (Fsp3) is 0.902. The van der Waals surface area contributed by atoms with Gasteiger partial charge in [0.2, 0.25) is 0 Å². The van der Waals surface area contributed by atoms with Crippen LogP contribution in [0.2, 0.25) is 0 Å². The molecule has 0 aromatic carbocycles. The highest BCUT2D eigenvalue weighted by Gasteiger charge is 2.22. The van der Waals surface area contributed by atoms with Crippen LogP contribution in [0.15, 0.2) is 12.2 Å². The van der Waals surface area contributed by atoms with Crippen LogP contribution in [-0.4, -0.2) is 41.0 Å². The number of esters is 2. The average molecular weight is 731 g/mol. The van der Waals surface area contributed by atoms with Crippen LogP contribution in [0.3, 0.4) is 0 Å². The Morgan fingerprint density at radius 2 is 0.840 bits per heavy atom. The molecule has 0 amide bonds. The Kier molecular flexibility index (Phi) is 36.6. The normalized spacial score (nSPS) is 12.5. The van der Waals surface area contributed by atoms with Gasteiger partial charge in [-0.25, -0.2) is 4.57 Å². The minimum Gasteiger partial charge on any atom is -0.462 e. The SMILES string of the molecule is CCCCCCCC/C=C\CCCCCCCC(=O)O[C@H](COC(=O)CCCCCCCCCCCCCCCCCCC)COP(=O)(O)O. The molecule has 0 spiro atoms. The molecule has 50 heavy (non-hydrogen) atoms. The van der Waals surface area contributed by atoms with Gasteiger partial charge >= 0.3 is 19.8 Å². The number of ether oxygens (including phenoxy) is 2. The highest BCUT2D eigenvalue weighted by Crippen LogP contribution is 2.36. The molecule has 9 heteroatoms. The maximum absolute atomic E-state index is 12.4. The second kappa shape index (κ2) is 37.5. The van der Waals surface area contributed by atoms with E-state index in [-0.39, 0.29) is 19.4 Å². The second-order valence-electron chi connectivity index (χ2n) is 14.3. The van der Waals surface area contributed by atoms with E-state index < -0.39 is 32.5 Å². The van der Waals surface area contributed by atoms with Gasteiger partial charge in [-0.15, -0.1) is 0 Å². The molecular formula is C41H79O8P. The van der Waals surface area contributed by atoms with E-state index >= 15 is 0 Å². The Balaban J connectivity index is 3.89. The maximum Gasteiger partial charge on any atom is 0.469 e. The quantitative estimate of drug-likeness (QED) is 0.0278. The molecule has 296 valence electrons. The van der Waals surface area contributed by atoms with Crippen molar-refractivity contribution in [2.45, 2.75) is 225 Å². The van der Waals surface area contributed by atoms with Gasteiger partial charge in [-0.3, -0.25) is 14.1 Å². The van der Waals surface area contributed by atoms with Crippen LogP contribution in [0.1, 0.15) is 219 Å². The molecule has 0 saturated carbocycles. The molecule has 0 rings (SSSR count). The molecule has 1 atom stereocenters. The van der Waals surface area contributed by atoms with Crippen LogP contribution in [0.5, 0.6) is 0 Å². The van der Waals surface area contributed by atoms with Crippen molar-refractivity contribution in [1.29, 1.82) is 0 Å². The third-order valence-corrected chi connectivity index (χ3v) is 9.77. The lowest BCUT2D eigenvalue weighted by Gasteiger charge is -2.18. The van der Waals surface area contributed by atoms with Gasteiger partial charge in [0, 0.05) is 12.8 Å². The van der Waals surface area contributed by atoms with Crippen molar-refractivity contribution in [3.63, 3.8) is 0 Å². The maximum atomic E-state index is 12.4. The zero-order valence-electron chi connectivity index (χ0n) is 32.6. The molecule has 0 aliphatic rings. The number of rotatable bonds is 39.